The molecule has 7 heteroatoms. The SMILES string of the molecule is COC(=O)[C@H]1CC/C(=N\OCc2ccccc2)CN1C(=O)OC(C)(C)C. The Morgan fingerprint density at radius 1 is 1.23 bits per heavy atom. The fraction of sp³-hybridized carbons (Fsp3) is 0.526. The molecule has 0 spiro atoms. The number of ether oxygens (including phenoxy) is 2. The minimum atomic E-state index is -0.678. The van der Waals surface area contributed by atoms with Crippen LogP contribution in [0.2, 0.25) is 0 Å². The summed E-state index contributed by atoms with van der Waals surface area (Å²) < 4.78 is 10.2. The van der Waals surface area contributed by atoms with Crippen molar-refractivity contribution < 1.29 is 23.9 Å². The van der Waals surface area contributed by atoms with E-state index in [9.17, 15) is 9.59 Å². The molecule has 0 aromatic heterocycles. The average Bonchev–Trinajstić information content (AvgIpc) is 2.60. The first-order valence-electron chi connectivity index (χ1n) is 8.59. The highest BCUT2D eigenvalue weighted by molar-refractivity contribution is 5.93. The van der Waals surface area contributed by atoms with E-state index in [0.29, 0.717) is 25.2 Å². The summed E-state index contributed by atoms with van der Waals surface area (Å²) in [5.41, 5.74) is 1.03. The minimum Gasteiger partial charge on any atom is -0.467 e. The molecule has 0 bridgehead atoms. The van der Waals surface area contributed by atoms with Gasteiger partial charge in [-0.2, -0.15) is 0 Å². The zero-order valence-corrected chi connectivity index (χ0v) is 15.7. The van der Waals surface area contributed by atoms with E-state index in [4.69, 9.17) is 14.3 Å². The van der Waals surface area contributed by atoms with E-state index < -0.39 is 23.7 Å². The fourth-order valence-corrected chi connectivity index (χ4v) is 2.59. The lowest BCUT2D eigenvalue weighted by atomic mass is 10.0. The maximum Gasteiger partial charge on any atom is 0.411 e. The van der Waals surface area contributed by atoms with Crippen molar-refractivity contribution in [3.8, 4) is 0 Å². The summed E-state index contributed by atoms with van der Waals surface area (Å²) in [4.78, 5) is 31.3. The third-order valence-electron chi connectivity index (χ3n) is 3.80. The van der Waals surface area contributed by atoms with Crippen molar-refractivity contribution >= 4 is 17.8 Å². The molecular formula is C19H26N2O5. The second-order valence-corrected chi connectivity index (χ2v) is 7.10. The molecule has 2 rings (SSSR count). The Kier molecular flexibility index (Phi) is 6.60. The molecule has 7 nitrogen and oxygen atoms in total. The predicted molar refractivity (Wildman–Crippen MR) is 96.6 cm³/mol. The third-order valence-corrected chi connectivity index (χ3v) is 3.80. The molecule has 0 unspecified atom stereocenters. The number of esters is 1. The van der Waals surface area contributed by atoms with Gasteiger partial charge < -0.3 is 14.3 Å². The van der Waals surface area contributed by atoms with Crippen LogP contribution >= 0.6 is 0 Å². The maximum atomic E-state index is 12.5. The number of oxime groups is 1. The number of hydrogen-bond acceptors (Lipinski definition) is 6. The summed E-state index contributed by atoms with van der Waals surface area (Å²) in [5, 5.41) is 4.14. The van der Waals surface area contributed by atoms with Gasteiger partial charge in [0, 0.05) is 0 Å². The predicted octanol–water partition coefficient (Wildman–Crippen LogP) is 3.13. The number of hydrogen-bond donors (Lipinski definition) is 0. The van der Waals surface area contributed by atoms with E-state index in [1.165, 1.54) is 12.0 Å². The van der Waals surface area contributed by atoms with E-state index in [-0.39, 0.29) is 6.54 Å². The Hall–Kier alpha value is -2.57. The molecule has 0 radical (unpaired) electrons. The van der Waals surface area contributed by atoms with Crippen molar-refractivity contribution in [2.45, 2.75) is 51.9 Å². The van der Waals surface area contributed by atoms with Crippen LogP contribution in [0.25, 0.3) is 0 Å². The van der Waals surface area contributed by atoms with E-state index >= 15 is 0 Å². The van der Waals surface area contributed by atoms with Gasteiger partial charge in [-0.3, -0.25) is 4.90 Å². The molecule has 1 heterocycles. The molecular weight excluding hydrogens is 336 g/mol. The van der Waals surface area contributed by atoms with Crippen molar-refractivity contribution in [2.75, 3.05) is 13.7 Å². The van der Waals surface area contributed by atoms with Crippen LogP contribution < -0.4 is 0 Å². The summed E-state index contributed by atoms with van der Waals surface area (Å²) in [6.07, 6.45) is 0.399. The molecule has 1 aliphatic rings. The lowest BCUT2D eigenvalue weighted by molar-refractivity contribution is -0.147. The molecule has 1 aromatic carbocycles. The zero-order valence-electron chi connectivity index (χ0n) is 15.7. The largest absolute Gasteiger partial charge is 0.467 e. The van der Waals surface area contributed by atoms with Crippen LogP contribution in [0, 0.1) is 0 Å². The Morgan fingerprint density at radius 2 is 1.92 bits per heavy atom. The number of piperidine rings is 1. The van der Waals surface area contributed by atoms with Gasteiger partial charge in [0.25, 0.3) is 0 Å². The molecule has 1 amide bonds. The zero-order chi connectivity index (χ0) is 19.2. The average molecular weight is 362 g/mol. The Labute approximate surface area is 153 Å². The summed E-state index contributed by atoms with van der Waals surface area (Å²) in [5.74, 6) is -0.458. The number of nitrogens with zero attached hydrogens (tertiary/aromatic N) is 2. The van der Waals surface area contributed by atoms with Crippen molar-refractivity contribution in [1.29, 1.82) is 0 Å². The monoisotopic (exact) mass is 362 g/mol. The van der Waals surface area contributed by atoms with Crippen LogP contribution in [0.1, 0.15) is 39.2 Å². The van der Waals surface area contributed by atoms with Gasteiger partial charge in [-0.15, -0.1) is 0 Å². The highest BCUT2D eigenvalue weighted by Gasteiger charge is 2.37. The quantitative estimate of drug-likeness (QED) is 0.607. The summed E-state index contributed by atoms with van der Waals surface area (Å²) in [6.45, 7) is 5.85. The summed E-state index contributed by atoms with van der Waals surface area (Å²) in [6, 6.07) is 9.00. The highest BCUT2D eigenvalue weighted by Crippen LogP contribution is 2.21. The molecule has 1 aliphatic heterocycles. The van der Waals surface area contributed by atoms with Gasteiger partial charge in [0.15, 0.2) is 0 Å². The smallest absolute Gasteiger partial charge is 0.411 e. The Bertz CT molecular complexity index is 652. The van der Waals surface area contributed by atoms with Crippen LogP contribution in [-0.4, -0.2) is 48.0 Å². The van der Waals surface area contributed by atoms with E-state index in [2.05, 4.69) is 5.16 Å². The summed E-state index contributed by atoms with van der Waals surface area (Å²) in [7, 11) is 1.31. The van der Waals surface area contributed by atoms with Crippen molar-refractivity contribution in [2.24, 2.45) is 5.16 Å². The molecule has 1 saturated heterocycles. The highest BCUT2D eigenvalue weighted by atomic mass is 16.6. The van der Waals surface area contributed by atoms with Crippen LogP contribution in [-0.2, 0) is 25.7 Å². The van der Waals surface area contributed by atoms with Crippen molar-refractivity contribution in [3.05, 3.63) is 35.9 Å². The molecule has 142 valence electrons. The van der Waals surface area contributed by atoms with Gasteiger partial charge in [0.1, 0.15) is 18.2 Å². The van der Waals surface area contributed by atoms with Crippen LogP contribution in [0.4, 0.5) is 4.79 Å². The normalized spacial score (nSPS) is 19.2. The molecule has 26 heavy (non-hydrogen) atoms. The fourth-order valence-electron chi connectivity index (χ4n) is 2.59. The van der Waals surface area contributed by atoms with E-state index in [0.717, 1.165) is 5.56 Å². The van der Waals surface area contributed by atoms with Gasteiger partial charge in [-0.05, 0) is 39.2 Å². The number of rotatable bonds is 4. The Morgan fingerprint density at radius 3 is 2.54 bits per heavy atom. The first-order chi connectivity index (χ1) is 12.3. The van der Waals surface area contributed by atoms with E-state index in [1.807, 2.05) is 30.3 Å². The topological polar surface area (TPSA) is 77.4 Å². The number of benzene rings is 1. The number of methoxy groups -OCH3 is 1. The number of amides is 1. The number of carbonyl (C=O) groups is 2. The van der Waals surface area contributed by atoms with Gasteiger partial charge in [-0.1, -0.05) is 35.5 Å². The second kappa shape index (κ2) is 8.69. The van der Waals surface area contributed by atoms with E-state index in [1.54, 1.807) is 20.8 Å². The van der Waals surface area contributed by atoms with Gasteiger partial charge >= 0.3 is 12.1 Å². The summed E-state index contributed by atoms with van der Waals surface area (Å²) >= 11 is 0. The maximum absolute atomic E-state index is 12.5. The molecule has 0 saturated carbocycles. The van der Waals surface area contributed by atoms with Gasteiger partial charge in [0.2, 0.25) is 0 Å². The lowest BCUT2D eigenvalue weighted by Gasteiger charge is -2.35. The minimum absolute atomic E-state index is 0.170. The standard InChI is InChI=1S/C19H26N2O5/c1-19(2,3)26-18(23)21-12-15(10-11-16(21)17(22)24-4)20-25-13-14-8-6-5-7-9-14/h5-9,16H,10-13H2,1-4H3/b20-15+/t16-/m1/s1. The molecule has 1 aromatic rings. The van der Waals surface area contributed by atoms with Crippen LogP contribution in [0.5, 0.6) is 0 Å². The molecule has 1 atom stereocenters. The number of likely N-dealkylation sites (tertiary alicyclic amines) is 1. The second-order valence-electron chi connectivity index (χ2n) is 7.10. The molecule has 0 aliphatic carbocycles. The van der Waals surface area contributed by atoms with Gasteiger partial charge in [-0.25, -0.2) is 9.59 Å². The lowest BCUT2D eigenvalue weighted by Crippen LogP contribution is -2.52. The third kappa shape index (κ3) is 5.75. The number of carbonyl (C=O) groups excluding carboxylic acids is 2. The van der Waals surface area contributed by atoms with Crippen molar-refractivity contribution in [1.82, 2.24) is 4.90 Å². The van der Waals surface area contributed by atoms with Crippen LogP contribution in [0.15, 0.2) is 35.5 Å². The Balaban J connectivity index is 2.04. The first kappa shape index (κ1) is 19.8. The van der Waals surface area contributed by atoms with Crippen molar-refractivity contribution in [3.63, 3.8) is 0 Å². The van der Waals surface area contributed by atoms with Crippen LogP contribution in [0.3, 0.4) is 0 Å². The molecule has 1 fully saturated rings. The van der Waals surface area contributed by atoms with Gasteiger partial charge in [0.05, 0.1) is 19.4 Å². The first-order valence-corrected chi connectivity index (χ1v) is 8.59. The molecule has 0 N–H and O–H groups in total.